The molecule has 3 rings (SSSR count). The third-order valence-electron chi connectivity index (χ3n) is 3.40. The highest BCUT2D eigenvalue weighted by atomic mass is 19.1. The van der Waals surface area contributed by atoms with Gasteiger partial charge in [0.15, 0.2) is 0 Å². The molecule has 0 aromatic heterocycles. The molecule has 0 bridgehead atoms. The maximum absolute atomic E-state index is 12.9. The van der Waals surface area contributed by atoms with Gasteiger partial charge in [-0.1, -0.05) is 18.2 Å². The molecule has 2 aromatic carbocycles. The minimum Gasteiger partial charge on any atom is -0.274 e. The van der Waals surface area contributed by atoms with Gasteiger partial charge in [0.2, 0.25) is 11.8 Å². The Morgan fingerprint density at radius 3 is 2.40 bits per heavy atom. The maximum atomic E-state index is 12.9. The predicted molar refractivity (Wildman–Crippen MR) is 73.7 cm³/mol. The number of hydrogen-bond donors (Lipinski definition) is 0. The Labute approximate surface area is 115 Å². The second-order valence-electron chi connectivity index (χ2n) is 4.78. The highest BCUT2D eigenvalue weighted by Gasteiger charge is 2.30. The van der Waals surface area contributed by atoms with Crippen LogP contribution in [0.3, 0.4) is 0 Å². The fourth-order valence-electron chi connectivity index (χ4n) is 2.49. The smallest absolute Gasteiger partial charge is 0.238 e. The molecule has 1 aliphatic rings. The summed E-state index contributed by atoms with van der Waals surface area (Å²) in [6.07, 6.45) is 0.226. The van der Waals surface area contributed by atoms with Gasteiger partial charge in [0, 0.05) is 6.92 Å². The monoisotopic (exact) mass is 269 g/mol. The van der Waals surface area contributed by atoms with Gasteiger partial charge in [0.05, 0.1) is 12.1 Å². The second-order valence-corrected chi connectivity index (χ2v) is 4.78. The number of benzene rings is 2. The van der Waals surface area contributed by atoms with Gasteiger partial charge in [0.1, 0.15) is 5.82 Å². The minimum atomic E-state index is -0.284. The molecule has 1 heterocycles. The lowest BCUT2D eigenvalue weighted by Gasteiger charge is -2.13. The number of halogens is 1. The standard InChI is InChI=1S/C16H12FNO2/c1-10(19)18-15-7-4-12(8-13(15)9-16(18)20)11-2-5-14(17)6-3-11/h2-8H,9H2,1H3. The van der Waals surface area contributed by atoms with Crippen molar-refractivity contribution < 1.29 is 14.0 Å². The Kier molecular flexibility index (Phi) is 2.86. The van der Waals surface area contributed by atoms with Gasteiger partial charge in [-0.05, 0) is 41.0 Å². The molecule has 1 aliphatic heterocycles. The molecule has 0 radical (unpaired) electrons. The summed E-state index contributed by atoms with van der Waals surface area (Å²) in [6, 6.07) is 11.7. The van der Waals surface area contributed by atoms with Crippen molar-refractivity contribution in [1.82, 2.24) is 0 Å². The van der Waals surface area contributed by atoms with E-state index in [1.165, 1.54) is 24.0 Å². The number of hydrogen-bond acceptors (Lipinski definition) is 2. The van der Waals surface area contributed by atoms with Crippen LogP contribution in [0.2, 0.25) is 0 Å². The van der Waals surface area contributed by atoms with Crippen LogP contribution >= 0.6 is 0 Å². The largest absolute Gasteiger partial charge is 0.274 e. The molecule has 0 saturated heterocycles. The van der Waals surface area contributed by atoms with Gasteiger partial charge in [0.25, 0.3) is 0 Å². The second kappa shape index (κ2) is 4.56. The van der Waals surface area contributed by atoms with E-state index in [1.54, 1.807) is 18.2 Å². The van der Waals surface area contributed by atoms with E-state index in [1.807, 2.05) is 12.1 Å². The molecule has 0 aliphatic carbocycles. The van der Waals surface area contributed by atoms with Crippen LogP contribution in [0.5, 0.6) is 0 Å². The van der Waals surface area contributed by atoms with Crippen LogP contribution in [-0.4, -0.2) is 11.8 Å². The summed E-state index contributed by atoms with van der Waals surface area (Å²) < 4.78 is 12.9. The molecule has 4 heteroatoms. The lowest BCUT2D eigenvalue weighted by atomic mass is 10.0. The number of anilines is 1. The van der Waals surface area contributed by atoms with E-state index in [2.05, 4.69) is 0 Å². The average molecular weight is 269 g/mol. The first kappa shape index (κ1) is 12.5. The maximum Gasteiger partial charge on any atom is 0.238 e. The van der Waals surface area contributed by atoms with Crippen LogP contribution in [0.1, 0.15) is 12.5 Å². The zero-order chi connectivity index (χ0) is 14.3. The number of fused-ring (bicyclic) bond motifs is 1. The molecule has 100 valence electrons. The molecule has 0 saturated carbocycles. The lowest BCUT2D eigenvalue weighted by Crippen LogP contribution is -2.31. The van der Waals surface area contributed by atoms with Gasteiger partial charge >= 0.3 is 0 Å². The Balaban J connectivity index is 2.03. The van der Waals surface area contributed by atoms with E-state index in [0.29, 0.717) is 5.69 Å². The number of rotatable bonds is 1. The summed E-state index contributed by atoms with van der Waals surface area (Å²) in [4.78, 5) is 24.5. The quantitative estimate of drug-likeness (QED) is 0.798. The van der Waals surface area contributed by atoms with E-state index in [4.69, 9.17) is 0 Å². The van der Waals surface area contributed by atoms with Gasteiger partial charge in [-0.2, -0.15) is 0 Å². The third-order valence-corrected chi connectivity index (χ3v) is 3.40. The van der Waals surface area contributed by atoms with Crippen molar-refractivity contribution >= 4 is 17.5 Å². The van der Waals surface area contributed by atoms with E-state index < -0.39 is 0 Å². The number of carbonyl (C=O) groups is 2. The van der Waals surface area contributed by atoms with Gasteiger partial charge in [-0.15, -0.1) is 0 Å². The van der Waals surface area contributed by atoms with Crippen molar-refractivity contribution in [2.24, 2.45) is 0 Å². The Bertz CT molecular complexity index is 707. The third kappa shape index (κ3) is 1.99. The first-order chi connectivity index (χ1) is 9.56. The molecule has 0 atom stereocenters. The van der Waals surface area contributed by atoms with E-state index in [-0.39, 0.29) is 24.1 Å². The van der Waals surface area contributed by atoms with Crippen molar-refractivity contribution in [3.8, 4) is 11.1 Å². The Hall–Kier alpha value is -2.49. The van der Waals surface area contributed by atoms with E-state index in [9.17, 15) is 14.0 Å². The average Bonchev–Trinajstić information content (AvgIpc) is 2.74. The summed E-state index contributed by atoms with van der Waals surface area (Å²) in [5.74, 6) is -0.764. The summed E-state index contributed by atoms with van der Waals surface area (Å²) in [5.41, 5.74) is 3.25. The molecule has 3 nitrogen and oxygen atoms in total. The number of carbonyl (C=O) groups excluding carboxylic acids is 2. The highest BCUT2D eigenvalue weighted by Crippen LogP contribution is 2.33. The number of imide groups is 1. The first-order valence-corrected chi connectivity index (χ1v) is 6.28. The van der Waals surface area contributed by atoms with Crippen molar-refractivity contribution in [1.29, 1.82) is 0 Å². The molecule has 2 amide bonds. The summed E-state index contributed by atoms with van der Waals surface area (Å²) in [6.45, 7) is 1.38. The summed E-state index contributed by atoms with van der Waals surface area (Å²) in [5, 5.41) is 0. The topological polar surface area (TPSA) is 37.4 Å². The molecule has 20 heavy (non-hydrogen) atoms. The summed E-state index contributed by atoms with van der Waals surface area (Å²) in [7, 11) is 0. The highest BCUT2D eigenvalue weighted by molar-refractivity contribution is 6.18. The van der Waals surface area contributed by atoms with Crippen molar-refractivity contribution in [2.45, 2.75) is 13.3 Å². The van der Waals surface area contributed by atoms with Crippen molar-refractivity contribution in [2.75, 3.05) is 4.90 Å². The SMILES string of the molecule is CC(=O)N1C(=O)Cc2cc(-c3ccc(F)cc3)ccc21. The molecular weight excluding hydrogens is 257 g/mol. The zero-order valence-electron chi connectivity index (χ0n) is 10.9. The van der Waals surface area contributed by atoms with Crippen LogP contribution in [0.15, 0.2) is 42.5 Å². The normalized spacial score (nSPS) is 13.5. The van der Waals surface area contributed by atoms with Crippen LogP contribution in [0, 0.1) is 5.82 Å². The lowest BCUT2D eigenvalue weighted by molar-refractivity contribution is -0.124. The van der Waals surface area contributed by atoms with Crippen molar-refractivity contribution in [3.63, 3.8) is 0 Å². The van der Waals surface area contributed by atoms with Gasteiger partial charge in [-0.3, -0.25) is 14.5 Å². The molecule has 0 unspecified atom stereocenters. The van der Waals surface area contributed by atoms with Crippen molar-refractivity contribution in [3.05, 3.63) is 53.8 Å². The first-order valence-electron chi connectivity index (χ1n) is 6.28. The molecule has 0 N–H and O–H groups in total. The predicted octanol–water partition coefficient (Wildman–Crippen LogP) is 2.93. The number of nitrogens with zero attached hydrogens (tertiary/aromatic N) is 1. The van der Waals surface area contributed by atoms with Gasteiger partial charge < -0.3 is 0 Å². The van der Waals surface area contributed by atoms with Crippen LogP contribution in [-0.2, 0) is 16.0 Å². The van der Waals surface area contributed by atoms with E-state index >= 15 is 0 Å². The molecular formula is C16H12FNO2. The van der Waals surface area contributed by atoms with E-state index in [0.717, 1.165) is 16.7 Å². The van der Waals surface area contributed by atoms with Crippen LogP contribution in [0.4, 0.5) is 10.1 Å². The van der Waals surface area contributed by atoms with Crippen LogP contribution in [0.25, 0.3) is 11.1 Å². The minimum absolute atomic E-state index is 0.205. The van der Waals surface area contributed by atoms with Crippen LogP contribution < -0.4 is 4.90 Å². The van der Waals surface area contributed by atoms with Gasteiger partial charge in [-0.25, -0.2) is 4.39 Å². The fraction of sp³-hybridized carbons (Fsp3) is 0.125. The number of amides is 2. The molecule has 0 fully saturated rings. The Morgan fingerprint density at radius 2 is 1.75 bits per heavy atom. The zero-order valence-corrected chi connectivity index (χ0v) is 10.9. The summed E-state index contributed by atoms with van der Waals surface area (Å²) >= 11 is 0. The molecule has 0 spiro atoms. The fourth-order valence-corrected chi connectivity index (χ4v) is 2.49. The molecule has 2 aromatic rings. The Morgan fingerprint density at radius 1 is 1.10 bits per heavy atom.